The van der Waals surface area contributed by atoms with Gasteiger partial charge in [0, 0.05) is 18.5 Å². The molecule has 0 radical (unpaired) electrons. The van der Waals surface area contributed by atoms with Crippen LogP contribution in [-0.2, 0) is 0 Å². The van der Waals surface area contributed by atoms with Gasteiger partial charge in [-0.15, -0.1) is 0 Å². The minimum atomic E-state index is -0.961. The molecule has 1 saturated heterocycles. The van der Waals surface area contributed by atoms with E-state index in [4.69, 9.17) is 0 Å². The zero-order chi connectivity index (χ0) is 13.8. The number of benzene rings is 1. The highest BCUT2D eigenvalue weighted by molar-refractivity contribution is 5.96. The first-order valence-electron chi connectivity index (χ1n) is 6.77. The number of rotatable bonds is 4. The molecule has 1 heterocycles. The summed E-state index contributed by atoms with van der Waals surface area (Å²) < 4.78 is 25.8. The van der Waals surface area contributed by atoms with Crippen LogP contribution in [0.25, 0.3) is 0 Å². The van der Waals surface area contributed by atoms with Crippen molar-refractivity contribution in [3.8, 4) is 0 Å². The molecule has 0 spiro atoms. The van der Waals surface area contributed by atoms with Gasteiger partial charge in [0.25, 0.3) is 0 Å². The number of halogens is 2. The second kappa shape index (κ2) is 6.24. The molecular formula is C15H19F2NO. The standard InChI is InChI=1S/C15H19F2NO/c1-11-4-7-18(8-5-11)9-6-15(19)12-2-3-13(16)14(17)10-12/h2-3,10-11H,4-9H2,1H3. The summed E-state index contributed by atoms with van der Waals surface area (Å²) in [6.07, 6.45) is 2.69. The highest BCUT2D eigenvalue weighted by Gasteiger charge is 2.17. The van der Waals surface area contributed by atoms with E-state index in [0.29, 0.717) is 13.0 Å². The van der Waals surface area contributed by atoms with Crippen LogP contribution in [-0.4, -0.2) is 30.3 Å². The molecule has 0 aromatic heterocycles. The predicted octanol–water partition coefficient (Wildman–Crippen LogP) is 3.27. The predicted molar refractivity (Wildman–Crippen MR) is 70.1 cm³/mol. The Balaban J connectivity index is 1.85. The number of hydrogen-bond donors (Lipinski definition) is 0. The summed E-state index contributed by atoms with van der Waals surface area (Å²) in [5, 5.41) is 0. The lowest BCUT2D eigenvalue weighted by Gasteiger charge is -2.29. The fourth-order valence-electron chi connectivity index (χ4n) is 2.36. The lowest BCUT2D eigenvalue weighted by atomic mass is 9.99. The number of piperidine rings is 1. The third-order valence-corrected chi connectivity index (χ3v) is 3.77. The number of likely N-dealkylation sites (tertiary alicyclic amines) is 1. The van der Waals surface area contributed by atoms with E-state index in [2.05, 4.69) is 11.8 Å². The van der Waals surface area contributed by atoms with Crippen molar-refractivity contribution < 1.29 is 13.6 Å². The molecule has 0 unspecified atom stereocenters. The Morgan fingerprint density at radius 2 is 1.95 bits per heavy atom. The summed E-state index contributed by atoms with van der Waals surface area (Å²) in [4.78, 5) is 14.2. The molecule has 0 amide bonds. The number of carbonyl (C=O) groups is 1. The van der Waals surface area contributed by atoms with E-state index in [1.807, 2.05) is 0 Å². The highest BCUT2D eigenvalue weighted by atomic mass is 19.2. The summed E-state index contributed by atoms with van der Waals surface area (Å²) in [5.41, 5.74) is 0.254. The van der Waals surface area contributed by atoms with Crippen molar-refractivity contribution in [2.75, 3.05) is 19.6 Å². The van der Waals surface area contributed by atoms with Crippen LogP contribution in [0.4, 0.5) is 8.78 Å². The van der Waals surface area contributed by atoms with Gasteiger partial charge < -0.3 is 4.90 Å². The van der Waals surface area contributed by atoms with Crippen molar-refractivity contribution in [2.45, 2.75) is 26.2 Å². The fraction of sp³-hybridized carbons (Fsp3) is 0.533. The number of nitrogens with zero attached hydrogens (tertiary/aromatic N) is 1. The number of hydrogen-bond acceptors (Lipinski definition) is 2. The summed E-state index contributed by atoms with van der Waals surface area (Å²) in [6, 6.07) is 3.33. The number of Topliss-reactive ketones (excluding diaryl/α,β-unsaturated/α-hetero) is 1. The van der Waals surface area contributed by atoms with Gasteiger partial charge in [-0.25, -0.2) is 8.78 Å². The molecule has 0 aliphatic carbocycles. The maximum absolute atomic E-state index is 13.0. The number of ketones is 1. The number of carbonyl (C=O) groups excluding carboxylic acids is 1. The van der Waals surface area contributed by atoms with Crippen LogP contribution >= 0.6 is 0 Å². The first-order valence-corrected chi connectivity index (χ1v) is 6.77. The van der Waals surface area contributed by atoms with Crippen LogP contribution < -0.4 is 0 Å². The molecule has 1 aromatic rings. The third kappa shape index (κ3) is 3.83. The third-order valence-electron chi connectivity index (χ3n) is 3.77. The van der Waals surface area contributed by atoms with E-state index >= 15 is 0 Å². The first kappa shape index (κ1) is 14.1. The van der Waals surface area contributed by atoms with Crippen LogP contribution in [0.5, 0.6) is 0 Å². The van der Waals surface area contributed by atoms with Gasteiger partial charge in [-0.2, -0.15) is 0 Å². The van der Waals surface area contributed by atoms with Crippen molar-refractivity contribution in [1.29, 1.82) is 0 Å². The molecule has 2 nitrogen and oxygen atoms in total. The Morgan fingerprint density at radius 1 is 1.26 bits per heavy atom. The average molecular weight is 267 g/mol. The summed E-state index contributed by atoms with van der Waals surface area (Å²) in [7, 11) is 0. The Morgan fingerprint density at radius 3 is 2.58 bits per heavy atom. The van der Waals surface area contributed by atoms with Crippen LogP contribution in [0, 0.1) is 17.6 Å². The summed E-state index contributed by atoms with van der Waals surface area (Å²) in [5.74, 6) is -1.24. The lowest BCUT2D eigenvalue weighted by molar-refractivity contribution is 0.0952. The molecule has 104 valence electrons. The van der Waals surface area contributed by atoms with Gasteiger partial charge in [0.2, 0.25) is 0 Å². The lowest BCUT2D eigenvalue weighted by Crippen LogP contribution is -2.34. The molecule has 1 fully saturated rings. The molecule has 0 N–H and O–H groups in total. The van der Waals surface area contributed by atoms with Crippen LogP contribution in [0.3, 0.4) is 0 Å². The van der Waals surface area contributed by atoms with Gasteiger partial charge in [-0.05, 0) is 50.0 Å². The van der Waals surface area contributed by atoms with E-state index in [0.717, 1.165) is 31.1 Å². The van der Waals surface area contributed by atoms with E-state index in [1.165, 1.54) is 18.9 Å². The first-order chi connectivity index (χ1) is 9.06. The highest BCUT2D eigenvalue weighted by Crippen LogP contribution is 2.17. The van der Waals surface area contributed by atoms with Gasteiger partial charge in [0.15, 0.2) is 17.4 Å². The van der Waals surface area contributed by atoms with Gasteiger partial charge >= 0.3 is 0 Å². The molecular weight excluding hydrogens is 248 g/mol. The molecule has 1 aliphatic heterocycles. The van der Waals surface area contributed by atoms with E-state index in [-0.39, 0.29) is 11.3 Å². The molecule has 1 aliphatic rings. The van der Waals surface area contributed by atoms with Crippen LogP contribution in [0.15, 0.2) is 18.2 Å². The normalized spacial score (nSPS) is 17.6. The monoisotopic (exact) mass is 267 g/mol. The van der Waals surface area contributed by atoms with Gasteiger partial charge in [-0.3, -0.25) is 4.79 Å². The Labute approximate surface area is 112 Å². The zero-order valence-electron chi connectivity index (χ0n) is 11.2. The maximum atomic E-state index is 13.0. The summed E-state index contributed by atoms with van der Waals surface area (Å²) >= 11 is 0. The zero-order valence-corrected chi connectivity index (χ0v) is 11.2. The van der Waals surface area contributed by atoms with E-state index in [9.17, 15) is 13.6 Å². The van der Waals surface area contributed by atoms with Crippen molar-refractivity contribution in [3.05, 3.63) is 35.4 Å². The minimum Gasteiger partial charge on any atom is -0.303 e. The van der Waals surface area contributed by atoms with Crippen molar-refractivity contribution in [2.24, 2.45) is 5.92 Å². The topological polar surface area (TPSA) is 20.3 Å². The fourth-order valence-corrected chi connectivity index (χ4v) is 2.36. The Bertz CT molecular complexity index is 453. The second-order valence-electron chi connectivity index (χ2n) is 5.33. The largest absolute Gasteiger partial charge is 0.303 e. The minimum absolute atomic E-state index is 0.127. The van der Waals surface area contributed by atoms with Crippen LogP contribution in [0.1, 0.15) is 36.5 Å². The van der Waals surface area contributed by atoms with Crippen molar-refractivity contribution in [1.82, 2.24) is 4.90 Å². The van der Waals surface area contributed by atoms with Crippen LogP contribution in [0.2, 0.25) is 0 Å². The molecule has 0 bridgehead atoms. The molecule has 4 heteroatoms. The SMILES string of the molecule is CC1CCN(CCC(=O)c2ccc(F)c(F)c2)CC1. The van der Waals surface area contributed by atoms with Gasteiger partial charge in [0.1, 0.15) is 0 Å². The maximum Gasteiger partial charge on any atom is 0.164 e. The summed E-state index contributed by atoms with van der Waals surface area (Å²) in [6.45, 7) is 4.98. The van der Waals surface area contributed by atoms with E-state index < -0.39 is 11.6 Å². The van der Waals surface area contributed by atoms with E-state index in [1.54, 1.807) is 0 Å². The van der Waals surface area contributed by atoms with Crippen molar-refractivity contribution in [3.63, 3.8) is 0 Å². The Hall–Kier alpha value is -1.29. The molecule has 0 atom stereocenters. The molecule has 0 saturated carbocycles. The second-order valence-corrected chi connectivity index (χ2v) is 5.33. The molecule has 19 heavy (non-hydrogen) atoms. The Kier molecular flexibility index (Phi) is 4.64. The average Bonchev–Trinajstić information content (AvgIpc) is 2.41. The quantitative estimate of drug-likeness (QED) is 0.780. The van der Waals surface area contributed by atoms with Gasteiger partial charge in [-0.1, -0.05) is 6.92 Å². The van der Waals surface area contributed by atoms with Gasteiger partial charge in [0.05, 0.1) is 0 Å². The molecule has 2 rings (SSSR count). The smallest absolute Gasteiger partial charge is 0.164 e. The van der Waals surface area contributed by atoms with Crippen molar-refractivity contribution >= 4 is 5.78 Å². The molecule has 1 aromatic carbocycles.